The predicted molar refractivity (Wildman–Crippen MR) is 192 cm³/mol. The molecule has 2 amide bonds. The molecule has 0 unspecified atom stereocenters. The quantitative estimate of drug-likeness (QED) is 0.0836. The van der Waals surface area contributed by atoms with E-state index in [1.807, 2.05) is 43.3 Å². The molecule has 0 aliphatic carbocycles. The van der Waals surface area contributed by atoms with Crippen molar-refractivity contribution in [2.45, 2.75) is 32.6 Å². The Bertz CT molecular complexity index is 2290. The van der Waals surface area contributed by atoms with Crippen LogP contribution in [0, 0.1) is 17.0 Å². The summed E-state index contributed by atoms with van der Waals surface area (Å²) in [5.41, 5.74) is 4.66. The number of rotatable bonds is 14. The number of ether oxygens (including phenoxy) is 1. The molecule has 51 heavy (non-hydrogen) atoms. The van der Waals surface area contributed by atoms with Gasteiger partial charge < -0.3 is 20.7 Å². The van der Waals surface area contributed by atoms with Crippen LogP contribution in [0.25, 0.3) is 10.9 Å². The van der Waals surface area contributed by atoms with E-state index in [4.69, 9.17) is 16.3 Å². The summed E-state index contributed by atoms with van der Waals surface area (Å²) in [5, 5.41) is 29.9. The molecule has 0 fully saturated rings. The van der Waals surface area contributed by atoms with E-state index in [1.165, 1.54) is 6.07 Å². The van der Waals surface area contributed by atoms with Gasteiger partial charge in [0.1, 0.15) is 11.1 Å². The van der Waals surface area contributed by atoms with Gasteiger partial charge in [0.2, 0.25) is 11.8 Å². The number of nitrogens with one attached hydrogen (secondary N) is 3. The number of halogens is 1. The Balaban J connectivity index is 0.958. The molecule has 14 heteroatoms. The lowest BCUT2D eigenvalue weighted by Gasteiger charge is -2.10. The monoisotopic (exact) mass is 707 g/mol. The molecule has 3 N–H and O–H groups in total. The Labute approximate surface area is 297 Å². The molecule has 1 aliphatic heterocycles. The molecule has 260 valence electrons. The van der Waals surface area contributed by atoms with E-state index < -0.39 is 4.92 Å². The van der Waals surface area contributed by atoms with Gasteiger partial charge >= 0.3 is 0 Å². The molecule has 4 aromatic carbocycles. The van der Waals surface area contributed by atoms with Crippen LogP contribution in [0.2, 0.25) is 5.02 Å². The molecule has 1 aromatic heterocycles. The first kappa shape index (κ1) is 34.8. The second kappa shape index (κ2) is 15.2. The van der Waals surface area contributed by atoms with Gasteiger partial charge in [-0.25, -0.2) is 0 Å². The van der Waals surface area contributed by atoms with Crippen LogP contribution in [0.1, 0.15) is 40.0 Å². The molecule has 6 rings (SSSR count). The fourth-order valence-corrected chi connectivity index (χ4v) is 6.03. The van der Waals surface area contributed by atoms with E-state index in [2.05, 4.69) is 26.2 Å². The normalized spacial score (nSPS) is 11.4. The van der Waals surface area contributed by atoms with Crippen molar-refractivity contribution in [3.05, 3.63) is 127 Å². The molecule has 0 saturated heterocycles. The van der Waals surface area contributed by atoms with Crippen molar-refractivity contribution in [2.75, 3.05) is 25.5 Å². The lowest BCUT2D eigenvalue weighted by Crippen LogP contribution is -2.35. The number of methoxy groups -OCH3 is 1. The van der Waals surface area contributed by atoms with E-state index in [1.54, 1.807) is 48.1 Å². The highest BCUT2D eigenvalue weighted by molar-refractivity contribution is 6.30. The second-order valence-corrected chi connectivity index (χ2v) is 12.4. The highest BCUT2D eigenvalue weighted by Gasteiger charge is 2.22. The molecule has 1 aliphatic rings. The standard InChI is InChI=1S/C37H34ClN7O6/c1-22-28(29-20-27(51-2)13-15-31(29)44(22)37(48)24-7-9-25(38)10-8-24)21-34(47)40-18-4-3-17-39-33(46)19-23-5-11-26(12-6-23)41-30-14-16-32(45(49)50)36-35(30)42-43-36/h5-16,20,41H,3-4,17-19,21H2,1-2H3,(H,39,46)(H,40,47). The summed E-state index contributed by atoms with van der Waals surface area (Å²) in [6.07, 6.45) is 1.64. The minimum atomic E-state index is -0.489. The number of anilines is 2. The first-order valence-corrected chi connectivity index (χ1v) is 16.6. The second-order valence-electron chi connectivity index (χ2n) is 12.0. The number of unbranched alkanes of at least 4 members (excludes halogenated alkanes) is 1. The first-order chi connectivity index (χ1) is 24.6. The third-order valence-electron chi connectivity index (χ3n) is 8.60. The van der Waals surface area contributed by atoms with Crippen LogP contribution in [0.5, 0.6) is 5.75 Å². The Kier molecular flexibility index (Phi) is 10.4. The van der Waals surface area contributed by atoms with Crippen molar-refractivity contribution < 1.29 is 24.0 Å². The molecule has 0 bridgehead atoms. The van der Waals surface area contributed by atoms with E-state index >= 15 is 0 Å². The Hall–Kier alpha value is -6.08. The van der Waals surface area contributed by atoms with Crippen LogP contribution >= 0.6 is 11.6 Å². The van der Waals surface area contributed by atoms with Gasteiger partial charge in [-0.05, 0) is 91.6 Å². The molecule has 0 radical (unpaired) electrons. The van der Waals surface area contributed by atoms with Gasteiger partial charge in [0, 0.05) is 46.5 Å². The summed E-state index contributed by atoms with van der Waals surface area (Å²) in [6, 6.07) is 22.4. The molecule has 0 saturated carbocycles. The number of hydrogen-bond donors (Lipinski definition) is 3. The minimum Gasteiger partial charge on any atom is -0.497 e. The van der Waals surface area contributed by atoms with Crippen molar-refractivity contribution in [3.8, 4) is 5.75 Å². The first-order valence-electron chi connectivity index (χ1n) is 16.2. The summed E-state index contributed by atoms with van der Waals surface area (Å²) < 4.78 is 7.04. The van der Waals surface area contributed by atoms with Crippen molar-refractivity contribution >= 4 is 57.3 Å². The van der Waals surface area contributed by atoms with Gasteiger partial charge in [-0.3, -0.25) is 29.1 Å². The lowest BCUT2D eigenvalue weighted by molar-refractivity contribution is -0.386. The summed E-state index contributed by atoms with van der Waals surface area (Å²) in [7, 11) is 1.57. The number of nitro benzene ring substituents is 1. The number of carbonyl (C=O) groups excluding carboxylic acids is 3. The van der Waals surface area contributed by atoms with Crippen LogP contribution in [-0.4, -0.2) is 47.4 Å². The highest BCUT2D eigenvalue weighted by atomic mass is 35.5. The van der Waals surface area contributed by atoms with Crippen molar-refractivity contribution in [1.29, 1.82) is 0 Å². The van der Waals surface area contributed by atoms with Crippen LogP contribution in [-0.2, 0) is 22.4 Å². The van der Waals surface area contributed by atoms with Gasteiger partial charge in [-0.2, -0.15) is 0 Å². The topological polar surface area (TPSA) is 169 Å². The SMILES string of the molecule is COc1ccc2c(c1)c(CC(=O)NCCCCNC(=O)Cc1ccc(Nc3ccc([N+](=O)[O-])c4c3=NN=4)cc1)c(C)n2C(=O)c1ccc(Cl)cc1. The van der Waals surface area contributed by atoms with Gasteiger partial charge in [0.15, 0.2) is 5.36 Å². The Morgan fingerprint density at radius 3 is 2.16 bits per heavy atom. The van der Waals surface area contributed by atoms with Gasteiger partial charge in [0.05, 0.1) is 36.1 Å². The third-order valence-corrected chi connectivity index (χ3v) is 8.85. The smallest absolute Gasteiger partial charge is 0.299 e. The van der Waals surface area contributed by atoms with E-state index in [9.17, 15) is 24.5 Å². The Morgan fingerprint density at radius 2 is 1.53 bits per heavy atom. The van der Waals surface area contributed by atoms with Crippen molar-refractivity contribution in [2.24, 2.45) is 10.2 Å². The zero-order valence-corrected chi connectivity index (χ0v) is 28.6. The van der Waals surface area contributed by atoms with Crippen molar-refractivity contribution in [3.63, 3.8) is 0 Å². The number of nitrogens with zero attached hydrogens (tertiary/aromatic N) is 4. The van der Waals surface area contributed by atoms with Gasteiger partial charge in [0.25, 0.3) is 11.6 Å². The number of nitro groups is 1. The maximum atomic E-state index is 13.5. The molecule has 13 nitrogen and oxygen atoms in total. The van der Waals surface area contributed by atoms with Gasteiger partial charge in [-0.1, -0.05) is 23.7 Å². The Morgan fingerprint density at radius 1 is 0.863 bits per heavy atom. The molecular weight excluding hydrogens is 674 g/mol. The molecule has 5 aromatic rings. The predicted octanol–water partition coefficient (Wildman–Crippen LogP) is 4.92. The number of carbonyl (C=O) groups is 3. The lowest BCUT2D eigenvalue weighted by atomic mass is 10.1. The molecule has 0 atom stereocenters. The molecule has 0 spiro atoms. The number of fused-ring (bicyclic) bond motifs is 2. The maximum absolute atomic E-state index is 13.5. The average molecular weight is 708 g/mol. The number of aromatic nitrogens is 1. The molecular formula is C37H34ClN7O6. The van der Waals surface area contributed by atoms with Crippen molar-refractivity contribution in [1.82, 2.24) is 15.2 Å². The van der Waals surface area contributed by atoms with Crippen LogP contribution in [0.3, 0.4) is 0 Å². The average Bonchev–Trinajstić information content (AvgIpc) is 3.37. The number of amides is 2. The van der Waals surface area contributed by atoms with Gasteiger partial charge in [-0.15, -0.1) is 10.2 Å². The third kappa shape index (κ3) is 7.73. The van der Waals surface area contributed by atoms with E-state index in [-0.39, 0.29) is 41.6 Å². The maximum Gasteiger partial charge on any atom is 0.299 e. The zero-order valence-electron chi connectivity index (χ0n) is 27.9. The largest absolute Gasteiger partial charge is 0.497 e. The fourth-order valence-electron chi connectivity index (χ4n) is 5.91. The van der Waals surface area contributed by atoms with Crippen LogP contribution in [0.15, 0.2) is 89.1 Å². The summed E-state index contributed by atoms with van der Waals surface area (Å²) in [5.74, 6) is 0.111. The molecule has 2 heterocycles. The summed E-state index contributed by atoms with van der Waals surface area (Å²) >= 11 is 6.02. The zero-order chi connectivity index (χ0) is 36.1. The summed E-state index contributed by atoms with van der Waals surface area (Å²) in [6.45, 7) is 2.73. The number of hydrogen-bond acceptors (Lipinski definition) is 9. The van der Waals surface area contributed by atoms with Crippen LogP contribution < -0.4 is 31.4 Å². The minimum absolute atomic E-state index is 0.0860. The number of benzene rings is 4. The van der Waals surface area contributed by atoms with E-state index in [0.29, 0.717) is 64.5 Å². The highest BCUT2D eigenvalue weighted by Crippen LogP contribution is 2.31. The fraction of sp³-hybridized carbons (Fsp3) is 0.216. The van der Waals surface area contributed by atoms with E-state index in [0.717, 1.165) is 22.2 Å². The summed E-state index contributed by atoms with van der Waals surface area (Å²) in [4.78, 5) is 49.7. The number of non-ortho nitro benzene ring substituents is 1. The van der Waals surface area contributed by atoms with Crippen LogP contribution in [0.4, 0.5) is 17.1 Å².